The Balaban J connectivity index is 2.29. The van der Waals surface area contributed by atoms with Crippen molar-refractivity contribution in [2.75, 3.05) is 19.8 Å². The number of nitrogens with one attached hydrogen (secondary N) is 1. The number of hydrogen-bond donors (Lipinski definition) is 1. The minimum Gasteiger partial charge on any atom is -0.380 e. The minimum atomic E-state index is -0.0276. The van der Waals surface area contributed by atoms with E-state index in [1.807, 2.05) is 24.3 Å². The van der Waals surface area contributed by atoms with Crippen LogP contribution in [0.4, 0.5) is 0 Å². The topological polar surface area (TPSA) is 38.3 Å². The van der Waals surface area contributed by atoms with Gasteiger partial charge in [-0.25, -0.2) is 0 Å². The molecule has 1 rings (SSSR count). The summed E-state index contributed by atoms with van der Waals surface area (Å²) >= 11 is 0. The van der Waals surface area contributed by atoms with Crippen LogP contribution in [-0.2, 0) is 11.2 Å². The first-order chi connectivity index (χ1) is 9.63. The molecule has 0 aliphatic heterocycles. The lowest BCUT2D eigenvalue weighted by atomic mass is 10.0. The third kappa shape index (κ3) is 6.71. The SMILES string of the molecule is CCCCOCCNC(=O)c1ccc(CC(C)C)cc1. The molecule has 0 bridgehead atoms. The zero-order chi connectivity index (χ0) is 14.8. The van der Waals surface area contributed by atoms with E-state index in [4.69, 9.17) is 4.74 Å². The van der Waals surface area contributed by atoms with E-state index < -0.39 is 0 Å². The molecule has 1 N–H and O–H groups in total. The quantitative estimate of drug-likeness (QED) is 0.702. The van der Waals surface area contributed by atoms with Crippen LogP contribution in [0.25, 0.3) is 0 Å². The fourth-order valence-corrected chi connectivity index (χ4v) is 1.95. The maximum atomic E-state index is 11.9. The van der Waals surface area contributed by atoms with Gasteiger partial charge in [0.05, 0.1) is 6.61 Å². The van der Waals surface area contributed by atoms with E-state index >= 15 is 0 Å². The lowest BCUT2D eigenvalue weighted by Crippen LogP contribution is -2.27. The van der Waals surface area contributed by atoms with Gasteiger partial charge in [-0.1, -0.05) is 39.3 Å². The molecular formula is C17H27NO2. The van der Waals surface area contributed by atoms with E-state index in [1.54, 1.807) is 0 Å². The monoisotopic (exact) mass is 277 g/mol. The second-order valence-electron chi connectivity index (χ2n) is 5.52. The van der Waals surface area contributed by atoms with Gasteiger partial charge >= 0.3 is 0 Å². The van der Waals surface area contributed by atoms with Crippen molar-refractivity contribution in [2.24, 2.45) is 5.92 Å². The Kier molecular flexibility index (Phi) is 7.97. The number of hydrogen-bond acceptors (Lipinski definition) is 2. The van der Waals surface area contributed by atoms with Crippen molar-refractivity contribution in [3.05, 3.63) is 35.4 Å². The van der Waals surface area contributed by atoms with Gasteiger partial charge in [-0.2, -0.15) is 0 Å². The number of ether oxygens (including phenoxy) is 1. The molecule has 1 amide bonds. The summed E-state index contributed by atoms with van der Waals surface area (Å²) < 4.78 is 5.41. The molecule has 0 fully saturated rings. The van der Waals surface area contributed by atoms with Gasteiger partial charge in [0.15, 0.2) is 0 Å². The smallest absolute Gasteiger partial charge is 0.251 e. The third-order valence-electron chi connectivity index (χ3n) is 3.03. The van der Waals surface area contributed by atoms with Gasteiger partial charge in [0, 0.05) is 18.7 Å². The predicted octanol–water partition coefficient (Wildman–Crippen LogP) is 3.43. The van der Waals surface area contributed by atoms with Crippen molar-refractivity contribution in [3.63, 3.8) is 0 Å². The molecule has 0 spiro atoms. The summed E-state index contributed by atoms with van der Waals surface area (Å²) in [5.74, 6) is 0.607. The van der Waals surface area contributed by atoms with Crippen LogP contribution in [0.1, 0.15) is 49.5 Å². The molecule has 0 saturated carbocycles. The number of carbonyl (C=O) groups is 1. The predicted molar refractivity (Wildman–Crippen MR) is 83.0 cm³/mol. The van der Waals surface area contributed by atoms with Crippen molar-refractivity contribution in [3.8, 4) is 0 Å². The molecule has 1 aromatic rings. The van der Waals surface area contributed by atoms with Crippen molar-refractivity contribution in [1.29, 1.82) is 0 Å². The molecule has 3 nitrogen and oxygen atoms in total. The molecule has 0 aromatic heterocycles. The number of amides is 1. The second kappa shape index (κ2) is 9.54. The molecule has 3 heteroatoms. The zero-order valence-corrected chi connectivity index (χ0v) is 12.9. The van der Waals surface area contributed by atoms with Crippen molar-refractivity contribution >= 4 is 5.91 Å². The Morgan fingerprint density at radius 1 is 1.20 bits per heavy atom. The number of carbonyl (C=O) groups excluding carboxylic acids is 1. The molecule has 0 aliphatic rings. The van der Waals surface area contributed by atoms with Gasteiger partial charge in [0.1, 0.15) is 0 Å². The van der Waals surface area contributed by atoms with E-state index in [1.165, 1.54) is 5.56 Å². The van der Waals surface area contributed by atoms with Gasteiger partial charge in [0.25, 0.3) is 5.91 Å². The molecule has 112 valence electrons. The van der Waals surface area contributed by atoms with Crippen LogP contribution in [0, 0.1) is 5.92 Å². The highest BCUT2D eigenvalue weighted by molar-refractivity contribution is 5.94. The summed E-state index contributed by atoms with van der Waals surface area (Å²) in [6.07, 6.45) is 3.26. The zero-order valence-electron chi connectivity index (χ0n) is 12.9. The van der Waals surface area contributed by atoms with Crippen LogP contribution in [-0.4, -0.2) is 25.7 Å². The van der Waals surface area contributed by atoms with E-state index in [0.29, 0.717) is 24.6 Å². The molecule has 0 saturated heterocycles. The Morgan fingerprint density at radius 3 is 2.50 bits per heavy atom. The summed E-state index contributed by atoms with van der Waals surface area (Å²) in [6.45, 7) is 8.44. The summed E-state index contributed by atoms with van der Waals surface area (Å²) in [5, 5.41) is 2.87. The summed E-state index contributed by atoms with van der Waals surface area (Å²) in [7, 11) is 0. The summed E-state index contributed by atoms with van der Waals surface area (Å²) in [6, 6.07) is 7.86. The fourth-order valence-electron chi connectivity index (χ4n) is 1.95. The first-order valence-electron chi connectivity index (χ1n) is 7.58. The Labute approximate surface area is 122 Å². The van der Waals surface area contributed by atoms with E-state index in [-0.39, 0.29) is 5.91 Å². The Hall–Kier alpha value is -1.35. The lowest BCUT2D eigenvalue weighted by Gasteiger charge is -2.08. The number of unbranched alkanes of at least 4 members (excludes halogenated alkanes) is 1. The largest absolute Gasteiger partial charge is 0.380 e. The average Bonchev–Trinajstić information content (AvgIpc) is 2.42. The van der Waals surface area contributed by atoms with Crippen molar-refractivity contribution < 1.29 is 9.53 Å². The molecule has 0 unspecified atom stereocenters. The number of rotatable bonds is 9. The molecular weight excluding hydrogens is 250 g/mol. The Morgan fingerprint density at radius 2 is 1.90 bits per heavy atom. The highest BCUT2D eigenvalue weighted by Gasteiger charge is 2.05. The van der Waals surface area contributed by atoms with Crippen LogP contribution in [0.3, 0.4) is 0 Å². The van der Waals surface area contributed by atoms with Gasteiger partial charge < -0.3 is 10.1 Å². The first-order valence-corrected chi connectivity index (χ1v) is 7.58. The third-order valence-corrected chi connectivity index (χ3v) is 3.03. The Bertz CT molecular complexity index is 384. The molecule has 0 aliphatic carbocycles. The van der Waals surface area contributed by atoms with Crippen molar-refractivity contribution in [2.45, 2.75) is 40.0 Å². The van der Waals surface area contributed by atoms with Crippen LogP contribution in [0.5, 0.6) is 0 Å². The van der Waals surface area contributed by atoms with Gasteiger partial charge in [-0.3, -0.25) is 4.79 Å². The average molecular weight is 277 g/mol. The molecule has 0 heterocycles. The fraction of sp³-hybridized carbons (Fsp3) is 0.588. The highest BCUT2D eigenvalue weighted by atomic mass is 16.5. The van der Waals surface area contributed by atoms with Crippen LogP contribution in [0.2, 0.25) is 0 Å². The molecule has 0 radical (unpaired) electrons. The second-order valence-corrected chi connectivity index (χ2v) is 5.52. The van der Waals surface area contributed by atoms with Crippen LogP contribution < -0.4 is 5.32 Å². The molecule has 20 heavy (non-hydrogen) atoms. The van der Waals surface area contributed by atoms with E-state index in [0.717, 1.165) is 25.9 Å². The van der Waals surface area contributed by atoms with Crippen molar-refractivity contribution in [1.82, 2.24) is 5.32 Å². The molecule has 1 aromatic carbocycles. The van der Waals surface area contributed by atoms with Gasteiger partial charge in [-0.05, 0) is 36.5 Å². The maximum absolute atomic E-state index is 11.9. The first kappa shape index (κ1) is 16.7. The normalized spacial score (nSPS) is 10.8. The summed E-state index contributed by atoms with van der Waals surface area (Å²) in [4.78, 5) is 11.9. The highest BCUT2D eigenvalue weighted by Crippen LogP contribution is 2.09. The van der Waals surface area contributed by atoms with Crippen LogP contribution >= 0.6 is 0 Å². The van der Waals surface area contributed by atoms with E-state index in [9.17, 15) is 4.79 Å². The maximum Gasteiger partial charge on any atom is 0.251 e. The summed E-state index contributed by atoms with van der Waals surface area (Å²) in [5.41, 5.74) is 1.99. The van der Waals surface area contributed by atoms with Crippen LogP contribution in [0.15, 0.2) is 24.3 Å². The lowest BCUT2D eigenvalue weighted by molar-refractivity contribution is 0.0913. The minimum absolute atomic E-state index is 0.0276. The number of benzene rings is 1. The van der Waals surface area contributed by atoms with Gasteiger partial charge in [-0.15, -0.1) is 0 Å². The standard InChI is InChI=1S/C17H27NO2/c1-4-5-11-20-12-10-18-17(19)16-8-6-15(7-9-16)13-14(2)3/h6-9,14H,4-5,10-13H2,1-3H3,(H,18,19). The molecule has 0 atom stereocenters. The van der Waals surface area contributed by atoms with Gasteiger partial charge in [0.2, 0.25) is 0 Å². The van der Waals surface area contributed by atoms with E-state index in [2.05, 4.69) is 26.1 Å².